The third-order valence-electron chi connectivity index (χ3n) is 5.02. The zero-order valence-corrected chi connectivity index (χ0v) is 16.2. The quantitative estimate of drug-likeness (QED) is 0.882. The summed E-state index contributed by atoms with van der Waals surface area (Å²) in [6.07, 6.45) is 2.13. The van der Waals surface area contributed by atoms with E-state index in [1.807, 2.05) is 20.8 Å². The molecule has 0 bridgehead atoms. The standard InChI is InChI=1S/C19H20N4O3S/c1-11(2)22-16(25)13-6-4-5-7-14(13)23-15(24)8-9-19(22,23)17(26)21-18-20-10-12(3)27-18/h4-7,10-11H,8-9H2,1-3H3,(H,20,21,26)/t19-/m1/s1. The Morgan fingerprint density at radius 1 is 1.30 bits per heavy atom. The van der Waals surface area contributed by atoms with Crippen molar-refractivity contribution in [2.24, 2.45) is 0 Å². The Morgan fingerprint density at radius 3 is 2.70 bits per heavy atom. The van der Waals surface area contributed by atoms with Gasteiger partial charge in [-0.25, -0.2) is 4.98 Å². The summed E-state index contributed by atoms with van der Waals surface area (Å²) in [5, 5.41) is 3.29. The molecule has 4 rings (SSSR count). The van der Waals surface area contributed by atoms with Crippen molar-refractivity contribution >= 4 is 39.9 Å². The Hall–Kier alpha value is -2.74. The maximum atomic E-state index is 13.5. The summed E-state index contributed by atoms with van der Waals surface area (Å²) >= 11 is 1.36. The lowest BCUT2D eigenvalue weighted by molar-refractivity contribution is -0.129. The van der Waals surface area contributed by atoms with Crippen molar-refractivity contribution in [1.29, 1.82) is 0 Å². The fourth-order valence-corrected chi connectivity index (χ4v) is 4.68. The van der Waals surface area contributed by atoms with Crippen molar-refractivity contribution in [3.63, 3.8) is 0 Å². The van der Waals surface area contributed by atoms with E-state index in [1.54, 1.807) is 30.5 Å². The number of thiazole rings is 1. The van der Waals surface area contributed by atoms with E-state index in [4.69, 9.17) is 0 Å². The summed E-state index contributed by atoms with van der Waals surface area (Å²) in [7, 11) is 0. The van der Waals surface area contributed by atoms with Gasteiger partial charge in [0.15, 0.2) is 5.13 Å². The summed E-state index contributed by atoms with van der Waals surface area (Å²) in [5.74, 6) is -0.803. The first-order valence-corrected chi connectivity index (χ1v) is 9.67. The number of fused-ring (bicyclic) bond motifs is 3. The van der Waals surface area contributed by atoms with Gasteiger partial charge in [0.1, 0.15) is 0 Å². The summed E-state index contributed by atoms with van der Waals surface area (Å²) in [5.41, 5.74) is -0.446. The highest BCUT2D eigenvalue weighted by molar-refractivity contribution is 7.15. The molecule has 27 heavy (non-hydrogen) atoms. The predicted octanol–water partition coefficient (Wildman–Crippen LogP) is 2.78. The zero-order chi connectivity index (χ0) is 19.3. The van der Waals surface area contributed by atoms with Crippen LogP contribution < -0.4 is 10.2 Å². The second-order valence-corrected chi connectivity index (χ2v) is 8.30. The van der Waals surface area contributed by atoms with E-state index < -0.39 is 11.6 Å². The van der Waals surface area contributed by atoms with Gasteiger partial charge in [-0.2, -0.15) is 0 Å². The summed E-state index contributed by atoms with van der Waals surface area (Å²) in [6.45, 7) is 5.61. The number of nitrogens with zero attached hydrogens (tertiary/aromatic N) is 3. The highest BCUT2D eigenvalue weighted by Crippen LogP contribution is 2.45. The average Bonchev–Trinajstić information content (AvgIpc) is 3.19. The molecule has 0 unspecified atom stereocenters. The molecule has 1 fully saturated rings. The number of nitrogens with one attached hydrogen (secondary N) is 1. The van der Waals surface area contributed by atoms with Crippen LogP contribution in [0.15, 0.2) is 30.5 Å². The van der Waals surface area contributed by atoms with Crippen molar-refractivity contribution in [2.75, 3.05) is 10.2 Å². The van der Waals surface area contributed by atoms with E-state index in [2.05, 4.69) is 10.3 Å². The monoisotopic (exact) mass is 384 g/mol. The van der Waals surface area contributed by atoms with Crippen LogP contribution in [0.25, 0.3) is 0 Å². The molecule has 0 radical (unpaired) electrons. The largest absolute Gasteiger partial charge is 0.304 e. The lowest BCUT2D eigenvalue weighted by Crippen LogP contribution is -2.70. The van der Waals surface area contributed by atoms with E-state index in [1.165, 1.54) is 21.1 Å². The van der Waals surface area contributed by atoms with Gasteiger partial charge in [0.2, 0.25) is 11.6 Å². The molecule has 1 N–H and O–H groups in total. The van der Waals surface area contributed by atoms with Gasteiger partial charge in [-0.15, -0.1) is 11.3 Å². The summed E-state index contributed by atoms with van der Waals surface area (Å²) < 4.78 is 0. The Kier molecular flexibility index (Phi) is 4.03. The molecule has 1 atom stereocenters. The number of benzene rings is 1. The number of carbonyl (C=O) groups is 3. The Labute approximate surface area is 161 Å². The normalized spacial score (nSPS) is 21.5. The highest BCUT2D eigenvalue weighted by atomic mass is 32.1. The number of carbonyl (C=O) groups excluding carboxylic acids is 3. The van der Waals surface area contributed by atoms with Crippen LogP contribution in [0.5, 0.6) is 0 Å². The minimum absolute atomic E-state index is 0.161. The third kappa shape index (κ3) is 2.47. The lowest BCUT2D eigenvalue weighted by atomic mass is 9.94. The predicted molar refractivity (Wildman–Crippen MR) is 103 cm³/mol. The Bertz CT molecular complexity index is 954. The van der Waals surface area contributed by atoms with Gasteiger partial charge in [-0.1, -0.05) is 12.1 Å². The second-order valence-electron chi connectivity index (χ2n) is 7.06. The van der Waals surface area contributed by atoms with Gasteiger partial charge in [0.25, 0.3) is 11.8 Å². The zero-order valence-electron chi connectivity index (χ0n) is 15.4. The van der Waals surface area contributed by atoms with Gasteiger partial charge < -0.3 is 4.90 Å². The van der Waals surface area contributed by atoms with Crippen LogP contribution in [0.1, 0.15) is 41.9 Å². The summed E-state index contributed by atoms with van der Waals surface area (Å²) in [6, 6.07) is 6.70. The summed E-state index contributed by atoms with van der Waals surface area (Å²) in [4.78, 5) is 47.7. The SMILES string of the molecule is Cc1cnc(NC(=O)[C@@]23CCC(=O)N2c2ccccc2C(=O)N3C(C)C)s1. The highest BCUT2D eigenvalue weighted by Gasteiger charge is 2.61. The van der Waals surface area contributed by atoms with Crippen LogP contribution in [-0.4, -0.2) is 39.3 Å². The third-order valence-corrected chi connectivity index (χ3v) is 5.85. The van der Waals surface area contributed by atoms with E-state index in [9.17, 15) is 14.4 Å². The van der Waals surface area contributed by atoms with Gasteiger partial charge >= 0.3 is 0 Å². The number of anilines is 2. The number of aromatic nitrogens is 1. The molecule has 1 aromatic heterocycles. The van der Waals surface area contributed by atoms with Gasteiger partial charge in [-0.3, -0.25) is 24.6 Å². The van der Waals surface area contributed by atoms with Crippen LogP contribution in [0.3, 0.4) is 0 Å². The van der Waals surface area contributed by atoms with Crippen molar-refractivity contribution < 1.29 is 14.4 Å². The first-order chi connectivity index (χ1) is 12.9. The maximum Gasteiger partial charge on any atom is 0.273 e. The minimum Gasteiger partial charge on any atom is -0.304 e. The molecular formula is C19H20N4O3S. The molecular weight excluding hydrogens is 364 g/mol. The van der Waals surface area contributed by atoms with Crippen LogP contribution in [0.4, 0.5) is 10.8 Å². The smallest absolute Gasteiger partial charge is 0.273 e. The van der Waals surface area contributed by atoms with Crippen LogP contribution >= 0.6 is 11.3 Å². The van der Waals surface area contributed by atoms with Crippen molar-refractivity contribution in [3.8, 4) is 0 Å². The molecule has 140 valence electrons. The lowest BCUT2D eigenvalue weighted by Gasteiger charge is -2.50. The molecule has 1 aromatic carbocycles. The van der Waals surface area contributed by atoms with Crippen molar-refractivity contribution in [3.05, 3.63) is 40.9 Å². The number of hydrogen-bond donors (Lipinski definition) is 1. The number of amides is 3. The van der Waals surface area contributed by atoms with E-state index in [-0.39, 0.29) is 30.7 Å². The molecule has 2 aliphatic heterocycles. The maximum absolute atomic E-state index is 13.5. The molecule has 2 aromatic rings. The van der Waals surface area contributed by atoms with Crippen molar-refractivity contribution in [1.82, 2.24) is 9.88 Å². The van der Waals surface area contributed by atoms with Gasteiger partial charge in [0, 0.05) is 30.0 Å². The fraction of sp³-hybridized carbons (Fsp3) is 0.368. The van der Waals surface area contributed by atoms with Crippen LogP contribution in [-0.2, 0) is 9.59 Å². The number of hydrogen-bond acceptors (Lipinski definition) is 5. The molecule has 7 nitrogen and oxygen atoms in total. The second kappa shape index (κ2) is 6.16. The Balaban J connectivity index is 1.88. The average molecular weight is 384 g/mol. The first-order valence-electron chi connectivity index (χ1n) is 8.86. The molecule has 1 saturated heterocycles. The van der Waals surface area contributed by atoms with Crippen LogP contribution in [0, 0.1) is 6.92 Å². The van der Waals surface area contributed by atoms with Crippen molar-refractivity contribution in [2.45, 2.75) is 45.3 Å². The number of aryl methyl sites for hydroxylation is 1. The topological polar surface area (TPSA) is 82.6 Å². The molecule has 0 saturated carbocycles. The fourth-order valence-electron chi connectivity index (χ4n) is 4.02. The molecule has 0 aliphatic carbocycles. The molecule has 3 heterocycles. The van der Waals surface area contributed by atoms with E-state index in [0.29, 0.717) is 16.4 Å². The minimum atomic E-state index is -1.38. The van der Waals surface area contributed by atoms with Gasteiger partial charge in [-0.05, 0) is 32.9 Å². The number of para-hydroxylation sites is 1. The van der Waals surface area contributed by atoms with Gasteiger partial charge in [0.05, 0.1) is 11.3 Å². The first kappa shape index (κ1) is 17.7. The molecule has 8 heteroatoms. The van der Waals surface area contributed by atoms with Crippen LogP contribution in [0.2, 0.25) is 0 Å². The number of rotatable bonds is 3. The molecule has 0 spiro atoms. The van der Waals surface area contributed by atoms with E-state index in [0.717, 1.165) is 4.88 Å². The van der Waals surface area contributed by atoms with E-state index >= 15 is 0 Å². The molecule has 2 aliphatic rings. The Morgan fingerprint density at radius 2 is 2.04 bits per heavy atom. The molecule has 3 amide bonds.